The van der Waals surface area contributed by atoms with Gasteiger partial charge in [-0.1, -0.05) is 29.8 Å². The maximum atomic E-state index is 12.0. The quantitative estimate of drug-likeness (QED) is 0.905. The molecule has 0 fully saturated rings. The predicted molar refractivity (Wildman–Crippen MR) is 87.6 cm³/mol. The average molecular weight is 331 g/mol. The van der Waals surface area contributed by atoms with Gasteiger partial charge in [0.1, 0.15) is 5.75 Å². The first kappa shape index (κ1) is 15.4. The lowest BCUT2D eigenvalue weighted by Gasteiger charge is -2.18. The minimum atomic E-state index is -0.167. The van der Waals surface area contributed by atoms with Crippen molar-refractivity contribution >= 4 is 29.1 Å². The molecule has 0 aromatic heterocycles. The highest BCUT2D eigenvalue weighted by Gasteiger charge is 2.16. The molecule has 0 saturated heterocycles. The zero-order chi connectivity index (χ0) is 16.2. The zero-order valence-electron chi connectivity index (χ0n) is 12.3. The number of anilines is 1. The Bertz CT molecular complexity index is 761. The van der Waals surface area contributed by atoms with E-state index in [0.29, 0.717) is 23.0 Å². The largest absolute Gasteiger partial charge is 0.482 e. The van der Waals surface area contributed by atoms with Crippen molar-refractivity contribution in [2.24, 2.45) is 0 Å². The first-order valence-corrected chi connectivity index (χ1v) is 7.55. The van der Waals surface area contributed by atoms with Crippen LogP contribution in [0.25, 0.3) is 0 Å². The Morgan fingerprint density at radius 2 is 2.09 bits per heavy atom. The molecule has 0 radical (unpaired) electrons. The number of ether oxygens (including phenoxy) is 1. The van der Waals surface area contributed by atoms with Gasteiger partial charge in [-0.3, -0.25) is 9.59 Å². The molecule has 6 heteroatoms. The number of carbonyl (C=O) groups is 2. The maximum absolute atomic E-state index is 12.0. The van der Waals surface area contributed by atoms with E-state index in [1.54, 1.807) is 18.2 Å². The average Bonchev–Trinajstić information content (AvgIpc) is 2.53. The molecule has 0 unspecified atom stereocenters. The Kier molecular flexibility index (Phi) is 4.48. The van der Waals surface area contributed by atoms with Crippen molar-refractivity contribution in [2.45, 2.75) is 13.0 Å². The second-order valence-electron chi connectivity index (χ2n) is 5.25. The van der Waals surface area contributed by atoms with E-state index in [2.05, 4.69) is 10.6 Å². The number of hydrogen-bond donors (Lipinski definition) is 2. The van der Waals surface area contributed by atoms with Gasteiger partial charge in [0.25, 0.3) is 5.91 Å². The molecule has 0 spiro atoms. The fourth-order valence-electron chi connectivity index (χ4n) is 2.32. The Labute approximate surface area is 138 Å². The number of fused-ring (bicyclic) bond motifs is 1. The fraction of sp³-hybridized carbons (Fsp3) is 0.176. The number of rotatable bonds is 4. The van der Waals surface area contributed by atoms with Crippen LogP contribution in [0.2, 0.25) is 5.02 Å². The smallest absolute Gasteiger partial charge is 0.262 e. The number of nitrogens with one attached hydrogen (secondary N) is 2. The van der Waals surface area contributed by atoms with Gasteiger partial charge in [0.15, 0.2) is 6.61 Å². The van der Waals surface area contributed by atoms with Crippen molar-refractivity contribution in [1.29, 1.82) is 0 Å². The first-order chi connectivity index (χ1) is 11.1. The van der Waals surface area contributed by atoms with Crippen LogP contribution in [0, 0.1) is 0 Å². The molecular weight excluding hydrogens is 316 g/mol. The monoisotopic (exact) mass is 330 g/mol. The second kappa shape index (κ2) is 6.71. The van der Waals surface area contributed by atoms with Gasteiger partial charge in [-0.05, 0) is 35.4 Å². The van der Waals surface area contributed by atoms with Crippen LogP contribution < -0.4 is 15.4 Å². The topological polar surface area (TPSA) is 67.4 Å². The minimum Gasteiger partial charge on any atom is -0.482 e. The lowest BCUT2D eigenvalue weighted by molar-refractivity contribution is -0.120. The van der Waals surface area contributed by atoms with E-state index in [1.165, 1.54) is 0 Å². The lowest BCUT2D eigenvalue weighted by atomic mass is 10.1. The van der Waals surface area contributed by atoms with Crippen LogP contribution in [0.1, 0.15) is 11.1 Å². The van der Waals surface area contributed by atoms with Crippen LogP contribution in [-0.2, 0) is 22.6 Å². The maximum Gasteiger partial charge on any atom is 0.262 e. The van der Waals surface area contributed by atoms with Crippen LogP contribution in [0.4, 0.5) is 5.69 Å². The SMILES string of the molecule is O=C(Cc1cccc(Cl)c1)NCc1ccc2c(c1)OCC(=O)N2. The van der Waals surface area contributed by atoms with E-state index in [4.69, 9.17) is 16.3 Å². The highest BCUT2D eigenvalue weighted by atomic mass is 35.5. The van der Waals surface area contributed by atoms with E-state index in [1.807, 2.05) is 24.3 Å². The summed E-state index contributed by atoms with van der Waals surface area (Å²) in [5.74, 6) is 0.366. The molecule has 1 heterocycles. The van der Waals surface area contributed by atoms with Crippen LogP contribution >= 0.6 is 11.6 Å². The molecule has 5 nitrogen and oxygen atoms in total. The van der Waals surface area contributed by atoms with Crippen LogP contribution in [-0.4, -0.2) is 18.4 Å². The number of hydrogen-bond acceptors (Lipinski definition) is 3. The Morgan fingerprint density at radius 3 is 2.91 bits per heavy atom. The number of benzene rings is 2. The van der Waals surface area contributed by atoms with Gasteiger partial charge in [0, 0.05) is 11.6 Å². The lowest BCUT2D eigenvalue weighted by Crippen LogP contribution is -2.26. The molecule has 1 aliphatic heterocycles. The van der Waals surface area contributed by atoms with Gasteiger partial charge >= 0.3 is 0 Å². The molecular formula is C17H15ClN2O3. The molecule has 2 N–H and O–H groups in total. The van der Waals surface area contributed by atoms with E-state index < -0.39 is 0 Å². The first-order valence-electron chi connectivity index (χ1n) is 7.17. The zero-order valence-corrected chi connectivity index (χ0v) is 13.0. The van der Waals surface area contributed by atoms with Crippen LogP contribution in [0.5, 0.6) is 5.75 Å². The Morgan fingerprint density at radius 1 is 1.22 bits per heavy atom. The van der Waals surface area contributed by atoms with Gasteiger partial charge < -0.3 is 15.4 Å². The van der Waals surface area contributed by atoms with Gasteiger partial charge in [0.05, 0.1) is 12.1 Å². The van der Waals surface area contributed by atoms with Gasteiger partial charge in [-0.15, -0.1) is 0 Å². The highest BCUT2D eigenvalue weighted by Crippen LogP contribution is 2.28. The van der Waals surface area contributed by atoms with E-state index in [-0.39, 0.29) is 24.8 Å². The van der Waals surface area contributed by atoms with Crippen LogP contribution in [0.3, 0.4) is 0 Å². The third-order valence-electron chi connectivity index (χ3n) is 3.42. The molecule has 0 saturated carbocycles. The van der Waals surface area contributed by atoms with Crippen molar-refractivity contribution in [3.05, 3.63) is 58.6 Å². The molecule has 1 aliphatic rings. The Hall–Kier alpha value is -2.53. The highest BCUT2D eigenvalue weighted by molar-refractivity contribution is 6.30. The molecule has 23 heavy (non-hydrogen) atoms. The summed E-state index contributed by atoms with van der Waals surface area (Å²) in [6, 6.07) is 12.7. The van der Waals surface area contributed by atoms with E-state index in [0.717, 1.165) is 11.1 Å². The summed E-state index contributed by atoms with van der Waals surface area (Å²) in [5, 5.41) is 6.20. The standard InChI is InChI=1S/C17H15ClN2O3/c18-13-3-1-2-11(6-13)8-16(21)19-9-12-4-5-14-15(7-12)23-10-17(22)20-14/h1-7H,8-10H2,(H,19,21)(H,20,22). The van der Waals surface area contributed by atoms with Crippen molar-refractivity contribution in [2.75, 3.05) is 11.9 Å². The molecule has 118 valence electrons. The summed E-state index contributed by atoms with van der Waals surface area (Å²) in [7, 11) is 0. The summed E-state index contributed by atoms with van der Waals surface area (Å²) < 4.78 is 5.35. The second-order valence-corrected chi connectivity index (χ2v) is 5.69. The molecule has 2 amide bonds. The van der Waals surface area contributed by atoms with E-state index in [9.17, 15) is 9.59 Å². The third kappa shape index (κ3) is 4.02. The molecule has 0 aliphatic carbocycles. The molecule has 0 bridgehead atoms. The number of amides is 2. The molecule has 3 rings (SSSR count). The molecule has 2 aromatic carbocycles. The summed E-state index contributed by atoms with van der Waals surface area (Å²) in [4.78, 5) is 23.2. The van der Waals surface area contributed by atoms with Gasteiger partial charge in [-0.2, -0.15) is 0 Å². The summed E-state index contributed by atoms with van der Waals surface area (Å²) in [5.41, 5.74) is 2.42. The summed E-state index contributed by atoms with van der Waals surface area (Å²) in [6.45, 7) is 0.404. The van der Waals surface area contributed by atoms with Crippen molar-refractivity contribution in [1.82, 2.24) is 5.32 Å². The van der Waals surface area contributed by atoms with Crippen molar-refractivity contribution in [3.8, 4) is 5.75 Å². The van der Waals surface area contributed by atoms with E-state index >= 15 is 0 Å². The predicted octanol–water partition coefficient (Wildman–Crippen LogP) is 2.53. The van der Waals surface area contributed by atoms with Crippen LogP contribution in [0.15, 0.2) is 42.5 Å². The number of carbonyl (C=O) groups excluding carboxylic acids is 2. The summed E-state index contributed by atoms with van der Waals surface area (Å²) >= 11 is 5.90. The summed E-state index contributed by atoms with van der Waals surface area (Å²) in [6.07, 6.45) is 0.276. The third-order valence-corrected chi connectivity index (χ3v) is 3.66. The molecule has 2 aromatic rings. The molecule has 0 atom stereocenters. The fourth-order valence-corrected chi connectivity index (χ4v) is 2.54. The van der Waals surface area contributed by atoms with Crippen molar-refractivity contribution in [3.63, 3.8) is 0 Å². The van der Waals surface area contributed by atoms with Gasteiger partial charge in [-0.25, -0.2) is 0 Å². The Balaban J connectivity index is 1.58. The normalized spacial score (nSPS) is 12.8. The minimum absolute atomic E-state index is 0.0115. The van der Waals surface area contributed by atoms with Gasteiger partial charge in [0.2, 0.25) is 5.91 Å². The van der Waals surface area contributed by atoms with Crippen molar-refractivity contribution < 1.29 is 14.3 Å². The number of halogens is 1.